The van der Waals surface area contributed by atoms with Crippen LogP contribution in [0.1, 0.15) is 32.1 Å². The van der Waals surface area contributed by atoms with Gasteiger partial charge in [-0.2, -0.15) is 0 Å². The van der Waals surface area contributed by atoms with Crippen LogP contribution in [-0.2, 0) is 0 Å². The number of rotatable bonds is 2. The maximum absolute atomic E-state index is 4.71. The second-order valence-electron chi connectivity index (χ2n) is 5.83. The Bertz CT molecular complexity index is 323. The van der Waals surface area contributed by atoms with Crippen molar-refractivity contribution in [3.8, 4) is 0 Å². The molecule has 1 atom stereocenters. The van der Waals surface area contributed by atoms with E-state index in [-0.39, 0.29) is 0 Å². The number of nitrogens with zero attached hydrogens (tertiary/aromatic N) is 3. The van der Waals surface area contributed by atoms with Crippen molar-refractivity contribution in [2.45, 2.75) is 43.4 Å². The number of thioether (sulfide) groups is 1. The first-order valence-electron chi connectivity index (χ1n) is 7.63. The topological polar surface area (TPSA) is 18.8 Å². The van der Waals surface area contributed by atoms with Crippen molar-refractivity contribution < 1.29 is 0 Å². The second-order valence-corrected chi connectivity index (χ2v) is 7.75. The molecule has 2 saturated heterocycles. The number of halogens is 1. The Morgan fingerprint density at radius 2 is 1.84 bits per heavy atom. The Kier molecular flexibility index (Phi) is 5.09. The quantitative estimate of drug-likeness (QED) is 0.717. The van der Waals surface area contributed by atoms with Crippen LogP contribution in [0.3, 0.4) is 0 Å². The van der Waals surface area contributed by atoms with Crippen LogP contribution in [0.2, 0.25) is 0 Å². The largest absolute Gasteiger partial charge is 0.351 e. The fourth-order valence-corrected chi connectivity index (χ4v) is 4.96. The van der Waals surface area contributed by atoms with Crippen molar-refractivity contribution in [3.63, 3.8) is 0 Å². The summed E-state index contributed by atoms with van der Waals surface area (Å²) in [5.74, 6) is 0. The van der Waals surface area contributed by atoms with E-state index in [0.29, 0.717) is 5.25 Å². The van der Waals surface area contributed by atoms with Crippen LogP contribution in [0.25, 0.3) is 0 Å². The number of alkyl halides is 1. The third kappa shape index (κ3) is 3.48. The summed E-state index contributed by atoms with van der Waals surface area (Å²) in [7, 11) is 0. The van der Waals surface area contributed by atoms with Crippen LogP contribution in [0, 0.1) is 0 Å². The first-order chi connectivity index (χ1) is 9.36. The van der Waals surface area contributed by atoms with E-state index in [1.165, 1.54) is 63.5 Å². The SMILES string of the molecule is BrCC1CN=C(N2CCC(N3CCCCC3)CC2)S1. The zero-order valence-corrected chi connectivity index (χ0v) is 14.0. The van der Waals surface area contributed by atoms with Crippen LogP contribution >= 0.6 is 27.7 Å². The van der Waals surface area contributed by atoms with Crippen LogP contribution in [0.4, 0.5) is 0 Å². The Balaban J connectivity index is 1.47. The highest BCUT2D eigenvalue weighted by atomic mass is 79.9. The minimum absolute atomic E-state index is 0.662. The van der Waals surface area contributed by atoms with Gasteiger partial charge in [0.2, 0.25) is 0 Å². The standard InChI is InChI=1S/C14H24BrN3S/c15-10-13-11-16-14(19-13)18-8-4-12(5-9-18)17-6-2-1-3-7-17/h12-13H,1-11H2. The van der Waals surface area contributed by atoms with Gasteiger partial charge in [-0.1, -0.05) is 34.1 Å². The van der Waals surface area contributed by atoms with Gasteiger partial charge in [-0.15, -0.1) is 0 Å². The summed E-state index contributed by atoms with van der Waals surface area (Å²) in [5.41, 5.74) is 0. The van der Waals surface area contributed by atoms with E-state index >= 15 is 0 Å². The van der Waals surface area contributed by atoms with Crippen molar-refractivity contribution >= 4 is 32.9 Å². The molecule has 0 N–H and O–H groups in total. The first kappa shape index (κ1) is 14.2. The van der Waals surface area contributed by atoms with Crippen LogP contribution in [-0.4, -0.2) is 64.3 Å². The summed E-state index contributed by atoms with van der Waals surface area (Å²) < 4.78 is 0. The molecule has 5 heteroatoms. The molecule has 2 fully saturated rings. The van der Waals surface area contributed by atoms with Crippen LogP contribution in [0.15, 0.2) is 4.99 Å². The highest BCUT2D eigenvalue weighted by Gasteiger charge is 2.29. The predicted molar refractivity (Wildman–Crippen MR) is 87.5 cm³/mol. The average molecular weight is 346 g/mol. The van der Waals surface area contributed by atoms with Gasteiger partial charge < -0.3 is 9.80 Å². The van der Waals surface area contributed by atoms with Crippen molar-refractivity contribution in [3.05, 3.63) is 0 Å². The molecule has 3 nitrogen and oxygen atoms in total. The molecule has 108 valence electrons. The predicted octanol–water partition coefficient (Wildman–Crippen LogP) is 2.80. The highest BCUT2D eigenvalue weighted by molar-refractivity contribution is 9.09. The Hall–Kier alpha value is 0.260. The lowest BCUT2D eigenvalue weighted by Gasteiger charge is -2.40. The molecular weight excluding hydrogens is 322 g/mol. The average Bonchev–Trinajstić information content (AvgIpc) is 2.97. The van der Waals surface area contributed by atoms with Gasteiger partial charge in [-0.25, -0.2) is 0 Å². The van der Waals surface area contributed by atoms with Gasteiger partial charge >= 0.3 is 0 Å². The lowest BCUT2D eigenvalue weighted by atomic mass is 10.0. The van der Waals surface area contributed by atoms with Gasteiger partial charge in [0.05, 0.1) is 6.54 Å². The normalized spacial score (nSPS) is 30.7. The first-order valence-corrected chi connectivity index (χ1v) is 9.63. The number of likely N-dealkylation sites (tertiary alicyclic amines) is 2. The van der Waals surface area contributed by atoms with Gasteiger partial charge in [0, 0.05) is 29.7 Å². The van der Waals surface area contributed by atoms with Crippen LogP contribution < -0.4 is 0 Å². The third-order valence-electron chi connectivity index (χ3n) is 4.52. The highest BCUT2D eigenvalue weighted by Crippen LogP contribution is 2.28. The number of aliphatic imine (C=N–C) groups is 1. The van der Waals surface area contributed by atoms with E-state index in [4.69, 9.17) is 4.99 Å². The van der Waals surface area contributed by atoms with Crippen molar-refractivity contribution in [2.24, 2.45) is 4.99 Å². The second kappa shape index (κ2) is 6.81. The van der Waals surface area contributed by atoms with Gasteiger partial charge in [0.1, 0.15) is 0 Å². The zero-order valence-electron chi connectivity index (χ0n) is 11.6. The molecule has 3 aliphatic heterocycles. The van der Waals surface area contributed by atoms with E-state index in [1.54, 1.807) is 0 Å². The number of amidine groups is 1. The monoisotopic (exact) mass is 345 g/mol. The smallest absolute Gasteiger partial charge is 0.159 e. The van der Waals surface area contributed by atoms with E-state index in [0.717, 1.165) is 17.9 Å². The zero-order chi connectivity index (χ0) is 13.1. The molecule has 0 aromatic carbocycles. The van der Waals surface area contributed by atoms with Crippen LogP contribution in [0.5, 0.6) is 0 Å². The molecule has 0 bridgehead atoms. The third-order valence-corrected chi connectivity index (χ3v) is 6.97. The maximum atomic E-state index is 4.71. The minimum atomic E-state index is 0.662. The summed E-state index contributed by atoms with van der Waals surface area (Å²) in [6.07, 6.45) is 6.93. The van der Waals surface area contributed by atoms with Crippen molar-refractivity contribution in [1.29, 1.82) is 0 Å². The van der Waals surface area contributed by atoms with Gasteiger partial charge in [-0.3, -0.25) is 4.99 Å². The fraction of sp³-hybridized carbons (Fsp3) is 0.929. The van der Waals surface area contributed by atoms with E-state index < -0.39 is 0 Å². The lowest BCUT2D eigenvalue weighted by molar-refractivity contribution is 0.115. The van der Waals surface area contributed by atoms with Gasteiger partial charge in [0.15, 0.2) is 5.17 Å². The lowest BCUT2D eigenvalue weighted by Crippen LogP contribution is -2.47. The molecule has 19 heavy (non-hydrogen) atoms. The molecule has 3 rings (SSSR count). The molecule has 0 aliphatic carbocycles. The number of hydrogen-bond donors (Lipinski definition) is 0. The molecule has 0 spiro atoms. The molecule has 0 aromatic rings. The summed E-state index contributed by atoms with van der Waals surface area (Å²) >= 11 is 5.54. The maximum Gasteiger partial charge on any atom is 0.159 e. The molecule has 3 aliphatic rings. The number of hydrogen-bond acceptors (Lipinski definition) is 4. The molecule has 0 radical (unpaired) electrons. The minimum Gasteiger partial charge on any atom is -0.351 e. The van der Waals surface area contributed by atoms with Crippen molar-refractivity contribution in [1.82, 2.24) is 9.80 Å². The molecule has 3 heterocycles. The van der Waals surface area contributed by atoms with Gasteiger partial charge in [0.25, 0.3) is 0 Å². The fourth-order valence-electron chi connectivity index (χ4n) is 3.36. The number of piperidine rings is 2. The Morgan fingerprint density at radius 3 is 2.47 bits per heavy atom. The Labute approximate surface area is 129 Å². The summed E-state index contributed by atoms with van der Waals surface area (Å²) in [4.78, 5) is 9.97. The van der Waals surface area contributed by atoms with Crippen molar-refractivity contribution in [2.75, 3.05) is 38.1 Å². The summed E-state index contributed by atoms with van der Waals surface area (Å²) in [6, 6.07) is 0.843. The molecule has 0 saturated carbocycles. The summed E-state index contributed by atoms with van der Waals surface area (Å²) in [6.45, 7) is 6.10. The molecule has 0 amide bonds. The molecule has 1 unspecified atom stereocenters. The molecular formula is C14H24BrN3S. The Morgan fingerprint density at radius 1 is 1.11 bits per heavy atom. The molecule has 0 aromatic heterocycles. The van der Waals surface area contributed by atoms with E-state index in [9.17, 15) is 0 Å². The van der Waals surface area contributed by atoms with E-state index in [2.05, 4.69) is 25.7 Å². The van der Waals surface area contributed by atoms with Gasteiger partial charge in [-0.05, 0) is 38.8 Å². The van der Waals surface area contributed by atoms with E-state index in [1.807, 2.05) is 11.8 Å². The summed E-state index contributed by atoms with van der Waals surface area (Å²) in [5, 5.41) is 3.03.